The number of halogens is 1. The third kappa shape index (κ3) is 3.82. The summed E-state index contributed by atoms with van der Waals surface area (Å²) in [5.41, 5.74) is 2.09. The van der Waals surface area contributed by atoms with Crippen molar-refractivity contribution >= 4 is 28.6 Å². The van der Waals surface area contributed by atoms with Gasteiger partial charge in [-0.1, -0.05) is 48.9 Å². The molecule has 2 aromatic heterocycles. The van der Waals surface area contributed by atoms with Gasteiger partial charge in [0.1, 0.15) is 29.6 Å². The summed E-state index contributed by atoms with van der Waals surface area (Å²) >= 11 is 6.39. The van der Waals surface area contributed by atoms with E-state index >= 15 is 0 Å². The third-order valence-corrected chi connectivity index (χ3v) is 5.52. The van der Waals surface area contributed by atoms with Gasteiger partial charge in [-0.2, -0.15) is 0 Å². The average molecular weight is 419 g/mol. The standard InChI is InChI=1S/C20H23ClN4O4/c1-11(12-5-3-2-4-6-12)8-22-15-7-13(21)16-19(24-15)25(10-23-16)20-18(28)17(27)14(9-26)29-20/h2-7,10-11,14,17-18,20,26-28H,8-9H2,1H3,(H,22,24)/t11?,14-,17-,18-,20-/m1/s1. The fourth-order valence-corrected chi connectivity index (χ4v) is 3.75. The Bertz CT molecular complexity index is 983. The number of pyridine rings is 1. The zero-order chi connectivity index (χ0) is 20.5. The number of nitrogens with one attached hydrogen (secondary N) is 1. The van der Waals surface area contributed by atoms with Gasteiger partial charge < -0.3 is 25.4 Å². The van der Waals surface area contributed by atoms with Crippen LogP contribution in [0.5, 0.6) is 0 Å². The lowest BCUT2D eigenvalue weighted by Gasteiger charge is -2.17. The van der Waals surface area contributed by atoms with E-state index < -0.39 is 31.1 Å². The predicted molar refractivity (Wildman–Crippen MR) is 109 cm³/mol. The van der Waals surface area contributed by atoms with Crippen molar-refractivity contribution in [3.05, 3.63) is 53.3 Å². The van der Waals surface area contributed by atoms with Crippen molar-refractivity contribution in [2.75, 3.05) is 18.5 Å². The van der Waals surface area contributed by atoms with Gasteiger partial charge in [0.2, 0.25) is 0 Å². The van der Waals surface area contributed by atoms with Crippen LogP contribution in [-0.4, -0.2) is 61.3 Å². The highest BCUT2D eigenvalue weighted by molar-refractivity contribution is 6.35. The van der Waals surface area contributed by atoms with E-state index in [1.54, 1.807) is 6.07 Å². The summed E-state index contributed by atoms with van der Waals surface area (Å²) in [6.45, 7) is 2.37. The van der Waals surface area contributed by atoms with E-state index in [-0.39, 0.29) is 5.92 Å². The Hall–Kier alpha value is -2.23. The summed E-state index contributed by atoms with van der Waals surface area (Å²) in [4.78, 5) is 8.85. The van der Waals surface area contributed by atoms with Crippen LogP contribution >= 0.6 is 11.6 Å². The highest BCUT2D eigenvalue weighted by Crippen LogP contribution is 2.33. The van der Waals surface area contributed by atoms with Crippen LogP contribution < -0.4 is 5.32 Å². The molecule has 4 N–H and O–H groups in total. The molecule has 0 saturated carbocycles. The van der Waals surface area contributed by atoms with Crippen molar-refractivity contribution in [1.82, 2.24) is 14.5 Å². The molecule has 29 heavy (non-hydrogen) atoms. The first-order chi connectivity index (χ1) is 14.0. The van der Waals surface area contributed by atoms with Crippen molar-refractivity contribution in [2.45, 2.75) is 37.4 Å². The molecule has 9 heteroatoms. The molecule has 1 unspecified atom stereocenters. The molecule has 3 heterocycles. The van der Waals surface area contributed by atoms with Crippen LogP contribution in [0, 0.1) is 0 Å². The quantitative estimate of drug-likeness (QED) is 0.483. The molecule has 1 saturated heterocycles. The Morgan fingerprint density at radius 2 is 2.00 bits per heavy atom. The molecule has 1 aliphatic heterocycles. The minimum absolute atomic E-state index is 0.262. The first kappa shape index (κ1) is 20.1. The van der Waals surface area contributed by atoms with Crippen LogP contribution in [-0.2, 0) is 4.74 Å². The second kappa shape index (κ2) is 8.25. The molecule has 3 aromatic rings. The van der Waals surface area contributed by atoms with Gasteiger partial charge in [0.25, 0.3) is 0 Å². The van der Waals surface area contributed by atoms with Crippen molar-refractivity contribution < 1.29 is 20.1 Å². The Morgan fingerprint density at radius 1 is 1.24 bits per heavy atom. The van der Waals surface area contributed by atoms with Gasteiger partial charge in [-0.05, 0) is 11.5 Å². The number of ether oxygens (including phenoxy) is 1. The van der Waals surface area contributed by atoms with Crippen LogP contribution in [0.25, 0.3) is 11.2 Å². The second-order valence-corrected chi connectivity index (χ2v) is 7.64. The molecule has 5 atom stereocenters. The van der Waals surface area contributed by atoms with Crippen molar-refractivity contribution in [3.8, 4) is 0 Å². The molecule has 0 bridgehead atoms. The second-order valence-electron chi connectivity index (χ2n) is 7.23. The van der Waals surface area contributed by atoms with Crippen LogP contribution in [0.4, 0.5) is 5.82 Å². The minimum Gasteiger partial charge on any atom is -0.394 e. The number of aliphatic hydroxyl groups excluding tert-OH is 3. The number of rotatable bonds is 6. The Kier molecular flexibility index (Phi) is 5.71. The van der Waals surface area contributed by atoms with Crippen LogP contribution in [0.3, 0.4) is 0 Å². The van der Waals surface area contributed by atoms with Gasteiger partial charge in [0, 0.05) is 12.6 Å². The Morgan fingerprint density at radius 3 is 2.69 bits per heavy atom. The molecule has 4 rings (SSSR count). The number of aliphatic hydroxyl groups is 3. The van der Waals surface area contributed by atoms with Gasteiger partial charge in [-0.15, -0.1) is 0 Å². The summed E-state index contributed by atoms with van der Waals surface area (Å²) in [5, 5.41) is 33.4. The summed E-state index contributed by atoms with van der Waals surface area (Å²) in [7, 11) is 0. The topological polar surface area (TPSA) is 113 Å². The van der Waals surface area contributed by atoms with Gasteiger partial charge in [0.05, 0.1) is 18.0 Å². The summed E-state index contributed by atoms with van der Waals surface area (Å²) in [6, 6.07) is 11.9. The van der Waals surface area contributed by atoms with E-state index in [1.165, 1.54) is 16.5 Å². The highest BCUT2D eigenvalue weighted by Gasteiger charge is 2.44. The maximum absolute atomic E-state index is 10.3. The number of imidazole rings is 1. The predicted octanol–water partition coefficient (Wildman–Crippen LogP) is 1.91. The van der Waals surface area contributed by atoms with E-state index in [1.807, 2.05) is 18.2 Å². The lowest BCUT2D eigenvalue weighted by atomic mass is 10.0. The number of hydrogen-bond acceptors (Lipinski definition) is 7. The number of anilines is 1. The number of hydrogen-bond donors (Lipinski definition) is 4. The van der Waals surface area contributed by atoms with E-state index in [0.29, 0.717) is 28.5 Å². The molecule has 0 spiro atoms. The van der Waals surface area contributed by atoms with Crippen molar-refractivity contribution in [3.63, 3.8) is 0 Å². The Balaban J connectivity index is 1.59. The van der Waals surface area contributed by atoms with E-state index in [2.05, 4.69) is 34.3 Å². The third-order valence-electron chi connectivity index (χ3n) is 5.23. The lowest BCUT2D eigenvalue weighted by Crippen LogP contribution is -2.33. The Labute approximate surface area is 172 Å². The molecular formula is C20H23ClN4O4. The van der Waals surface area contributed by atoms with E-state index in [0.717, 1.165) is 0 Å². The summed E-state index contributed by atoms with van der Waals surface area (Å²) in [5.74, 6) is 0.830. The van der Waals surface area contributed by atoms with Gasteiger partial charge in [-0.3, -0.25) is 4.57 Å². The average Bonchev–Trinajstić information content (AvgIpc) is 3.28. The minimum atomic E-state index is -1.22. The SMILES string of the molecule is CC(CNc1cc(Cl)c2ncn([C@@H]3O[C@H](CO)[C@@H](O)[C@H]3O)c2n1)c1ccccc1. The lowest BCUT2D eigenvalue weighted by molar-refractivity contribution is -0.0511. The molecule has 1 aromatic carbocycles. The summed E-state index contributed by atoms with van der Waals surface area (Å²) < 4.78 is 7.12. The van der Waals surface area contributed by atoms with Gasteiger partial charge >= 0.3 is 0 Å². The van der Waals surface area contributed by atoms with Crippen LogP contribution in [0.1, 0.15) is 24.6 Å². The number of fused-ring (bicyclic) bond motifs is 1. The van der Waals surface area contributed by atoms with Crippen LogP contribution in [0.2, 0.25) is 5.02 Å². The maximum atomic E-state index is 10.3. The van der Waals surface area contributed by atoms with Crippen molar-refractivity contribution in [2.24, 2.45) is 0 Å². The fourth-order valence-electron chi connectivity index (χ4n) is 3.51. The van der Waals surface area contributed by atoms with Gasteiger partial charge in [0.15, 0.2) is 11.9 Å². The molecule has 0 radical (unpaired) electrons. The van der Waals surface area contributed by atoms with E-state index in [9.17, 15) is 15.3 Å². The number of nitrogens with zero attached hydrogens (tertiary/aromatic N) is 3. The molecule has 0 amide bonds. The zero-order valence-corrected chi connectivity index (χ0v) is 16.6. The fraction of sp³-hybridized carbons (Fsp3) is 0.400. The smallest absolute Gasteiger partial charge is 0.165 e. The van der Waals surface area contributed by atoms with Crippen molar-refractivity contribution in [1.29, 1.82) is 0 Å². The van der Waals surface area contributed by atoms with Gasteiger partial charge in [-0.25, -0.2) is 9.97 Å². The van der Waals surface area contributed by atoms with Crippen LogP contribution in [0.15, 0.2) is 42.7 Å². The number of benzene rings is 1. The number of aromatic nitrogens is 3. The maximum Gasteiger partial charge on any atom is 0.165 e. The largest absolute Gasteiger partial charge is 0.394 e. The molecule has 154 valence electrons. The highest BCUT2D eigenvalue weighted by atomic mass is 35.5. The normalized spacial score (nSPS) is 25.4. The first-order valence-electron chi connectivity index (χ1n) is 9.44. The molecular weight excluding hydrogens is 396 g/mol. The monoisotopic (exact) mass is 418 g/mol. The summed E-state index contributed by atoms with van der Waals surface area (Å²) in [6.07, 6.45) is -2.77. The molecule has 1 aliphatic rings. The molecule has 8 nitrogen and oxygen atoms in total. The van der Waals surface area contributed by atoms with E-state index in [4.69, 9.17) is 16.3 Å². The zero-order valence-electron chi connectivity index (χ0n) is 15.8. The molecule has 1 fully saturated rings. The molecule has 0 aliphatic carbocycles. The first-order valence-corrected chi connectivity index (χ1v) is 9.81.